The summed E-state index contributed by atoms with van der Waals surface area (Å²) in [7, 11) is 0. The standard InChI is InChI=1S/C56H36N2O/c1-2-17-43(18-3-1)58-50-23-9-8-21-48(50)54-46(22-11-24-51(54)58)39-29-32-44(33-30-39)57(45-19-10-16-41(36-45)42-28-27-37-13-4-5-15-40(37)35-42)52-25-12-26-53-55(52)49-34-31-38-14-6-7-20-47(38)56(49)59-53/h1-36H/i29D,30D,32D,33D. The van der Waals surface area contributed by atoms with Crippen LogP contribution in [0.15, 0.2) is 223 Å². The number of rotatable bonds is 6. The number of hydrogen-bond acceptors (Lipinski definition) is 2. The Morgan fingerprint density at radius 2 is 1.12 bits per heavy atom. The van der Waals surface area contributed by atoms with Crippen molar-refractivity contribution in [1.82, 2.24) is 4.57 Å². The van der Waals surface area contributed by atoms with Gasteiger partial charge in [0.25, 0.3) is 0 Å². The smallest absolute Gasteiger partial charge is 0.143 e. The van der Waals surface area contributed by atoms with Crippen molar-refractivity contribution in [2.24, 2.45) is 0 Å². The minimum Gasteiger partial charge on any atom is -0.455 e. The third-order valence-electron chi connectivity index (χ3n) is 11.6. The summed E-state index contributed by atoms with van der Waals surface area (Å²) in [6.07, 6.45) is 0. The summed E-state index contributed by atoms with van der Waals surface area (Å²) >= 11 is 0. The van der Waals surface area contributed by atoms with E-state index in [2.05, 4.69) is 102 Å². The van der Waals surface area contributed by atoms with Gasteiger partial charge in [0.15, 0.2) is 0 Å². The van der Waals surface area contributed by atoms with Crippen LogP contribution in [0.1, 0.15) is 5.48 Å². The van der Waals surface area contributed by atoms with Gasteiger partial charge in [-0.1, -0.05) is 146 Å². The number of fused-ring (bicyclic) bond motifs is 9. The Kier molecular flexibility index (Phi) is 6.65. The van der Waals surface area contributed by atoms with E-state index >= 15 is 0 Å². The molecule has 12 aromatic rings. The maximum Gasteiger partial charge on any atom is 0.143 e. The molecule has 0 N–H and O–H groups in total. The maximum atomic E-state index is 9.95. The van der Waals surface area contributed by atoms with Gasteiger partial charge in [-0.2, -0.15) is 0 Å². The molecule has 3 nitrogen and oxygen atoms in total. The average molecular weight is 757 g/mol. The third kappa shape index (κ3) is 5.36. The molecule has 276 valence electrons. The molecule has 0 bridgehead atoms. The van der Waals surface area contributed by atoms with E-state index in [0.717, 1.165) is 76.5 Å². The van der Waals surface area contributed by atoms with Gasteiger partial charge < -0.3 is 13.9 Å². The lowest BCUT2D eigenvalue weighted by atomic mass is 9.98. The second-order valence-electron chi connectivity index (χ2n) is 15.0. The van der Waals surface area contributed by atoms with Gasteiger partial charge in [-0.25, -0.2) is 0 Å². The minimum atomic E-state index is -0.152. The molecule has 3 heteroatoms. The Hall–Kier alpha value is -7.88. The molecule has 0 unspecified atom stereocenters. The van der Waals surface area contributed by atoms with Crippen molar-refractivity contribution in [3.8, 4) is 27.9 Å². The van der Waals surface area contributed by atoms with Gasteiger partial charge in [0.1, 0.15) is 11.2 Å². The first kappa shape index (κ1) is 29.4. The molecule has 0 fully saturated rings. The van der Waals surface area contributed by atoms with Crippen LogP contribution in [-0.2, 0) is 0 Å². The number of furan rings is 1. The van der Waals surface area contributed by atoms with Gasteiger partial charge in [-0.3, -0.25) is 0 Å². The van der Waals surface area contributed by atoms with Crippen LogP contribution in [0, 0.1) is 0 Å². The van der Waals surface area contributed by atoms with Crippen LogP contribution in [0.2, 0.25) is 0 Å². The first-order valence-electron chi connectivity index (χ1n) is 21.9. The fourth-order valence-corrected chi connectivity index (χ4v) is 8.94. The Labute approximate surface area is 346 Å². The van der Waals surface area contributed by atoms with Gasteiger partial charge in [0.05, 0.1) is 27.6 Å². The lowest BCUT2D eigenvalue weighted by Gasteiger charge is -2.27. The molecule has 0 amide bonds. The summed E-state index contributed by atoms with van der Waals surface area (Å²) in [6, 6.07) is 64.6. The molecule has 0 spiro atoms. The highest BCUT2D eigenvalue weighted by atomic mass is 16.3. The van der Waals surface area contributed by atoms with Crippen molar-refractivity contribution in [3.05, 3.63) is 218 Å². The highest BCUT2D eigenvalue weighted by molar-refractivity contribution is 6.20. The molecule has 12 rings (SSSR count). The highest BCUT2D eigenvalue weighted by Crippen LogP contribution is 2.46. The molecular weight excluding hydrogens is 717 g/mol. The van der Waals surface area contributed by atoms with E-state index in [-0.39, 0.29) is 35.4 Å². The second-order valence-corrected chi connectivity index (χ2v) is 15.0. The third-order valence-corrected chi connectivity index (χ3v) is 11.6. The van der Waals surface area contributed by atoms with Gasteiger partial charge in [0.2, 0.25) is 0 Å². The predicted octanol–water partition coefficient (Wildman–Crippen LogP) is 15.8. The van der Waals surface area contributed by atoms with Crippen LogP contribution in [-0.4, -0.2) is 4.57 Å². The van der Waals surface area contributed by atoms with E-state index in [0.29, 0.717) is 22.5 Å². The Morgan fingerprint density at radius 3 is 2.00 bits per heavy atom. The molecule has 0 saturated heterocycles. The van der Waals surface area contributed by atoms with E-state index in [1.807, 2.05) is 102 Å². The lowest BCUT2D eigenvalue weighted by Crippen LogP contribution is -2.10. The summed E-state index contributed by atoms with van der Waals surface area (Å²) in [5.41, 5.74) is 8.67. The normalized spacial score (nSPS) is 12.7. The Bertz CT molecular complexity index is 3790. The van der Waals surface area contributed by atoms with E-state index < -0.39 is 0 Å². The molecule has 10 aromatic carbocycles. The molecule has 0 aliphatic carbocycles. The van der Waals surface area contributed by atoms with Crippen molar-refractivity contribution in [3.63, 3.8) is 0 Å². The predicted molar refractivity (Wildman–Crippen MR) is 249 cm³/mol. The fraction of sp³-hybridized carbons (Fsp3) is 0. The quantitative estimate of drug-likeness (QED) is 0.168. The zero-order valence-corrected chi connectivity index (χ0v) is 31.8. The Morgan fingerprint density at radius 1 is 0.424 bits per heavy atom. The molecule has 0 aliphatic rings. The van der Waals surface area contributed by atoms with Gasteiger partial charge in [0, 0.05) is 38.6 Å². The summed E-state index contributed by atoms with van der Waals surface area (Å²) in [4.78, 5) is 1.89. The molecule has 0 saturated carbocycles. The number of para-hydroxylation sites is 2. The van der Waals surface area contributed by atoms with Crippen molar-refractivity contribution in [2.75, 3.05) is 4.90 Å². The van der Waals surface area contributed by atoms with E-state index in [4.69, 9.17) is 4.42 Å². The molecule has 0 atom stereocenters. The number of aromatic nitrogens is 1. The molecule has 2 aromatic heterocycles. The summed E-state index contributed by atoms with van der Waals surface area (Å²) in [6.45, 7) is 0. The zero-order chi connectivity index (χ0) is 42.3. The maximum absolute atomic E-state index is 9.95. The number of anilines is 3. The zero-order valence-electron chi connectivity index (χ0n) is 35.8. The number of hydrogen-bond donors (Lipinski definition) is 0. The Balaban J connectivity index is 1.13. The molecule has 0 aliphatic heterocycles. The molecule has 0 radical (unpaired) electrons. The summed E-state index contributed by atoms with van der Waals surface area (Å²) < 4.78 is 48.5. The number of nitrogens with zero attached hydrogens (tertiary/aromatic N) is 2. The van der Waals surface area contributed by atoms with Crippen LogP contribution in [0.25, 0.3) is 93.2 Å². The molecular formula is C56H36N2O. The largest absolute Gasteiger partial charge is 0.455 e. The van der Waals surface area contributed by atoms with Crippen LogP contribution >= 0.6 is 0 Å². The van der Waals surface area contributed by atoms with Crippen LogP contribution < -0.4 is 4.90 Å². The minimum absolute atomic E-state index is 0.124. The monoisotopic (exact) mass is 756 g/mol. The fourth-order valence-electron chi connectivity index (χ4n) is 8.94. The van der Waals surface area contributed by atoms with Gasteiger partial charge in [-0.15, -0.1) is 0 Å². The van der Waals surface area contributed by atoms with Crippen LogP contribution in [0.4, 0.5) is 17.1 Å². The van der Waals surface area contributed by atoms with Gasteiger partial charge >= 0.3 is 0 Å². The van der Waals surface area contributed by atoms with Crippen molar-refractivity contribution < 1.29 is 9.90 Å². The van der Waals surface area contributed by atoms with E-state index in [1.165, 1.54) is 0 Å². The van der Waals surface area contributed by atoms with Crippen molar-refractivity contribution in [2.45, 2.75) is 0 Å². The van der Waals surface area contributed by atoms with Crippen LogP contribution in [0.3, 0.4) is 0 Å². The van der Waals surface area contributed by atoms with E-state index in [1.54, 1.807) is 0 Å². The SMILES string of the molecule is [2H]c1c([2H])c(N(c2cccc(-c3ccc4ccccc4c3)c2)c2cccc3oc4c5ccccc5ccc4c23)c([2H])c([2H])c1-c1cccc2c1c1ccccc1n2-c1ccccc1. The van der Waals surface area contributed by atoms with E-state index in [9.17, 15) is 5.48 Å². The molecule has 59 heavy (non-hydrogen) atoms. The lowest BCUT2D eigenvalue weighted by molar-refractivity contribution is 0.672. The highest BCUT2D eigenvalue weighted by Gasteiger charge is 2.22. The number of benzene rings is 10. The topological polar surface area (TPSA) is 21.3 Å². The first-order valence-corrected chi connectivity index (χ1v) is 19.9. The second kappa shape index (κ2) is 13.4. The summed E-state index contributed by atoms with van der Waals surface area (Å²) in [5.74, 6) is 0. The average Bonchev–Trinajstić information content (AvgIpc) is 3.89. The van der Waals surface area contributed by atoms with Crippen molar-refractivity contribution in [1.29, 1.82) is 0 Å². The van der Waals surface area contributed by atoms with Gasteiger partial charge in [-0.05, 0) is 111 Å². The molecule has 2 heterocycles. The summed E-state index contributed by atoms with van der Waals surface area (Å²) in [5, 5.41) is 7.85. The van der Waals surface area contributed by atoms with Crippen LogP contribution in [0.5, 0.6) is 0 Å². The van der Waals surface area contributed by atoms with Crippen molar-refractivity contribution >= 4 is 82.4 Å². The first-order chi connectivity index (χ1) is 30.9.